The van der Waals surface area contributed by atoms with E-state index < -0.39 is 17.8 Å². The van der Waals surface area contributed by atoms with Gasteiger partial charge in [-0.15, -0.1) is 0 Å². The van der Waals surface area contributed by atoms with E-state index >= 15 is 0 Å². The molecule has 6 heteroatoms. The normalized spacial score (nSPS) is 11.6. The Morgan fingerprint density at radius 3 is 2.43 bits per heavy atom. The van der Waals surface area contributed by atoms with Crippen molar-refractivity contribution < 1.29 is 14.0 Å². The topological polar surface area (TPSA) is 58.2 Å². The van der Waals surface area contributed by atoms with Crippen molar-refractivity contribution in [2.75, 3.05) is 0 Å². The van der Waals surface area contributed by atoms with Crippen LogP contribution in [0, 0.1) is 5.82 Å². The molecule has 4 nitrogen and oxygen atoms in total. The third kappa shape index (κ3) is 5.07. The third-order valence-electron chi connectivity index (χ3n) is 3.18. The van der Waals surface area contributed by atoms with Crippen LogP contribution >= 0.6 is 11.6 Å². The van der Waals surface area contributed by atoms with Crippen LogP contribution in [0.15, 0.2) is 48.5 Å². The molecule has 0 spiro atoms. The molecule has 0 saturated heterocycles. The summed E-state index contributed by atoms with van der Waals surface area (Å²) in [4.78, 5) is 23.6. The molecule has 0 fully saturated rings. The minimum Gasteiger partial charge on any atom is -0.335 e. The minimum atomic E-state index is -0.778. The first-order valence-corrected chi connectivity index (χ1v) is 7.44. The summed E-state index contributed by atoms with van der Waals surface area (Å²) in [7, 11) is 0. The number of rotatable bonds is 4. The van der Waals surface area contributed by atoms with Crippen molar-refractivity contribution in [3.05, 3.63) is 70.5 Å². The maximum atomic E-state index is 13.5. The van der Waals surface area contributed by atoms with Crippen LogP contribution in [-0.4, -0.2) is 18.0 Å². The van der Waals surface area contributed by atoms with Crippen molar-refractivity contribution >= 4 is 23.5 Å². The van der Waals surface area contributed by atoms with Crippen LogP contribution in [0.5, 0.6) is 0 Å². The first kappa shape index (κ1) is 17.0. The van der Waals surface area contributed by atoms with E-state index in [1.165, 1.54) is 18.2 Å². The molecule has 1 atom stereocenters. The van der Waals surface area contributed by atoms with Gasteiger partial charge in [-0.3, -0.25) is 10.1 Å². The van der Waals surface area contributed by atoms with E-state index in [4.69, 9.17) is 11.6 Å². The average Bonchev–Trinajstić information content (AvgIpc) is 2.49. The molecule has 0 aliphatic heterocycles. The van der Waals surface area contributed by atoms with Crippen molar-refractivity contribution in [1.29, 1.82) is 0 Å². The summed E-state index contributed by atoms with van der Waals surface area (Å²) < 4.78 is 13.5. The van der Waals surface area contributed by atoms with E-state index in [0.29, 0.717) is 11.4 Å². The van der Waals surface area contributed by atoms with Gasteiger partial charge in [-0.2, -0.15) is 0 Å². The number of carbonyl (C=O) groups excluding carboxylic acids is 2. The van der Waals surface area contributed by atoms with E-state index in [9.17, 15) is 14.0 Å². The number of halogens is 2. The molecule has 0 aromatic heterocycles. The van der Waals surface area contributed by atoms with Gasteiger partial charge in [0.25, 0.3) is 5.91 Å². The van der Waals surface area contributed by atoms with Crippen LogP contribution in [0.25, 0.3) is 0 Å². The lowest BCUT2D eigenvalue weighted by atomic mass is 10.1. The standard InChI is InChI=1S/C17H16ClFN2O2/c1-11(10-12-6-8-13(18)9-7-12)20-17(23)21-16(22)14-4-2-3-5-15(14)19/h2-9,11H,10H2,1H3,(H2,20,21,22,23). The zero-order valence-electron chi connectivity index (χ0n) is 12.5. The van der Waals surface area contributed by atoms with Gasteiger partial charge in [0.2, 0.25) is 0 Å². The lowest BCUT2D eigenvalue weighted by molar-refractivity contribution is 0.0959. The summed E-state index contributed by atoms with van der Waals surface area (Å²) in [6, 6.07) is 11.9. The summed E-state index contributed by atoms with van der Waals surface area (Å²) in [5, 5.41) is 5.39. The predicted octanol–water partition coefficient (Wildman–Crippen LogP) is 3.55. The van der Waals surface area contributed by atoms with Gasteiger partial charge in [-0.1, -0.05) is 35.9 Å². The van der Waals surface area contributed by atoms with Crippen LogP contribution in [-0.2, 0) is 6.42 Å². The van der Waals surface area contributed by atoms with Gasteiger partial charge in [0.15, 0.2) is 0 Å². The molecule has 0 aliphatic carbocycles. The fourth-order valence-corrected chi connectivity index (χ4v) is 2.23. The Bertz CT molecular complexity index is 704. The Balaban J connectivity index is 1.87. The van der Waals surface area contributed by atoms with Crippen molar-refractivity contribution in [1.82, 2.24) is 10.6 Å². The number of benzene rings is 2. The average molecular weight is 335 g/mol. The first-order chi connectivity index (χ1) is 11.0. The molecule has 0 heterocycles. The van der Waals surface area contributed by atoms with Crippen LogP contribution in [0.3, 0.4) is 0 Å². The number of carbonyl (C=O) groups is 2. The van der Waals surface area contributed by atoms with E-state index in [-0.39, 0.29) is 11.6 Å². The van der Waals surface area contributed by atoms with E-state index in [1.807, 2.05) is 19.1 Å². The predicted molar refractivity (Wildman–Crippen MR) is 87.0 cm³/mol. The molecular weight excluding hydrogens is 319 g/mol. The zero-order chi connectivity index (χ0) is 16.8. The molecule has 23 heavy (non-hydrogen) atoms. The van der Waals surface area contributed by atoms with Gasteiger partial charge < -0.3 is 5.32 Å². The molecule has 120 valence electrons. The van der Waals surface area contributed by atoms with Crippen molar-refractivity contribution in [2.24, 2.45) is 0 Å². The Morgan fingerprint density at radius 1 is 1.13 bits per heavy atom. The Labute approximate surface area is 138 Å². The highest BCUT2D eigenvalue weighted by Crippen LogP contribution is 2.11. The Kier molecular flexibility index (Phi) is 5.71. The largest absolute Gasteiger partial charge is 0.335 e. The van der Waals surface area contributed by atoms with E-state index in [2.05, 4.69) is 10.6 Å². The molecule has 2 N–H and O–H groups in total. The molecule has 0 bridgehead atoms. The highest BCUT2D eigenvalue weighted by Gasteiger charge is 2.15. The molecule has 2 aromatic rings. The maximum absolute atomic E-state index is 13.5. The number of hydrogen-bond donors (Lipinski definition) is 2. The van der Waals surface area contributed by atoms with Gasteiger partial charge in [-0.25, -0.2) is 9.18 Å². The summed E-state index contributed by atoms with van der Waals surface area (Å²) in [6.45, 7) is 1.81. The smallest absolute Gasteiger partial charge is 0.321 e. The number of imide groups is 1. The summed E-state index contributed by atoms with van der Waals surface area (Å²) in [5.74, 6) is -1.45. The molecule has 2 rings (SSSR count). The fraction of sp³-hybridized carbons (Fsp3) is 0.176. The highest BCUT2D eigenvalue weighted by atomic mass is 35.5. The summed E-state index contributed by atoms with van der Waals surface area (Å²) in [5.41, 5.74) is 0.829. The van der Waals surface area contributed by atoms with Crippen LogP contribution < -0.4 is 10.6 Å². The third-order valence-corrected chi connectivity index (χ3v) is 3.43. The molecule has 1 unspecified atom stereocenters. The first-order valence-electron chi connectivity index (χ1n) is 7.06. The van der Waals surface area contributed by atoms with Gasteiger partial charge in [0, 0.05) is 11.1 Å². The summed E-state index contributed by atoms with van der Waals surface area (Å²) >= 11 is 5.81. The molecule has 2 aromatic carbocycles. The highest BCUT2D eigenvalue weighted by molar-refractivity contribution is 6.30. The van der Waals surface area contributed by atoms with Crippen LogP contribution in [0.1, 0.15) is 22.8 Å². The lowest BCUT2D eigenvalue weighted by Crippen LogP contribution is -2.44. The SMILES string of the molecule is CC(Cc1ccc(Cl)cc1)NC(=O)NC(=O)c1ccccc1F. The second-order valence-electron chi connectivity index (χ2n) is 5.14. The second kappa shape index (κ2) is 7.74. The number of nitrogens with one attached hydrogen (secondary N) is 2. The van der Waals surface area contributed by atoms with Gasteiger partial charge in [-0.05, 0) is 43.2 Å². The fourth-order valence-electron chi connectivity index (χ4n) is 2.10. The quantitative estimate of drug-likeness (QED) is 0.898. The summed E-state index contributed by atoms with van der Waals surface area (Å²) in [6.07, 6.45) is 0.582. The van der Waals surface area contributed by atoms with Gasteiger partial charge in [0.1, 0.15) is 5.82 Å². The molecule has 0 saturated carbocycles. The molecule has 0 aliphatic rings. The van der Waals surface area contributed by atoms with E-state index in [1.54, 1.807) is 12.1 Å². The number of hydrogen-bond acceptors (Lipinski definition) is 2. The molecule has 3 amide bonds. The Morgan fingerprint density at radius 2 is 1.78 bits per heavy atom. The lowest BCUT2D eigenvalue weighted by Gasteiger charge is -2.14. The van der Waals surface area contributed by atoms with Crippen LogP contribution in [0.2, 0.25) is 5.02 Å². The number of amides is 3. The zero-order valence-corrected chi connectivity index (χ0v) is 13.2. The van der Waals surface area contributed by atoms with Crippen molar-refractivity contribution in [3.63, 3.8) is 0 Å². The monoisotopic (exact) mass is 334 g/mol. The molecule has 0 radical (unpaired) electrons. The number of urea groups is 1. The maximum Gasteiger partial charge on any atom is 0.321 e. The second-order valence-corrected chi connectivity index (χ2v) is 5.58. The van der Waals surface area contributed by atoms with Crippen molar-refractivity contribution in [2.45, 2.75) is 19.4 Å². The molecular formula is C17H16ClFN2O2. The Hall–Kier alpha value is -2.40. The van der Waals surface area contributed by atoms with Crippen LogP contribution in [0.4, 0.5) is 9.18 Å². The van der Waals surface area contributed by atoms with Gasteiger partial charge in [0.05, 0.1) is 5.56 Å². The van der Waals surface area contributed by atoms with Crippen molar-refractivity contribution in [3.8, 4) is 0 Å². The van der Waals surface area contributed by atoms with Gasteiger partial charge >= 0.3 is 6.03 Å². The van der Waals surface area contributed by atoms with E-state index in [0.717, 1.165) is 11.6 Å². The minimum absolute atomic E-state index is 0.173.